The molecule has 7 heteroatoms. The molecule has 0 saturated heterocycles. The summed E-state index contributed by atoms with van der Waals surface area (Å²) in [6.45, 7) is 5.46. The average molecular weight is 298 g/mol. The van der Waals surface area contributed by atoms with Gasteiger partial charge < -0.3 is 0 Å². The zero-order valence-corrected chi connectivity index (χ0v) is 12.5. The number of nitrogens with one attached hydrogen (secondary N) is 2. The van der Waals surface area contributed by atoms with Crippen LogP contribution in [0.2, 0.25) is 0 Å². The number of urea groups is 1. The Morgan fingerprint density at radius 2 is 1.70 bits per heavy atom. The van der Waals surface area contributed by atoms with Gasteiger partial charge in [-0.2, -0.15) is 0 Å². The van der Waals surface area contributed by atoms with E-state index in [9.17, 15) is 18.0 Å². The molecule has 20 heavy (non-hydrogen) atoms. The van der Waals surface area contributed by atoms with Gasteiger partial charge in [0.15, 0.2) is 0 Å². The molecular weight excluding hydrogens is 280 g/mol. The molecule has 0 radical (unpaired) electrons. The Morgan fingerprint density at radius 3 is 2.20 bits per heavy atom. The summed E-state index contributed by atoms with van der Waals surface area (Å²) < 4.78 is 25.5. The van der Waals surface area contributed by atoms with E-state index in [0.29, 0.717) is 0 Å². The summed E-state index contributed by atoms with van der Waals surface area (Å²) in [4.78, 5) is 22.8. The highest BCUT2D eigenvalue weighted by molar-refractivity contribution is 7.90. The molecule has 0 aliphatic rings. The third-order valence-electron chi connectivity index (χ3n) is 2.40. The van der Waals surface area contributed by atoms with E-state index >= 15 is 0 Å². The summed E-state index contributed by atoms with van der Waals surface area (Å²) in [6, 6.07) is 4.98. The van der Waals surface area contributed by atoms with Crippen LogP contribution < -0.4 is 10.0 Å². The minimum Gasteiger partial charge on any atom is -0.277 e. The summed E-state index contributed by atoms with van der Waals surface area (Å²) in [7, 11) is -3.96. The predicted octanol–water partition coefficient (Wildman–Crippen LogP) is 1.56. The molecule has 6 nitrogen and oxygen atoms in total. The molecule has 2 N–H and O–H groups in total. The molecular formula is C13H18N2O4S. The molecule has 0 atom stereocenters. The lowest BCUT2D eigenvalue weighted by Gasteiger charge is -2.09. The van der Waals surface area contributed by atoms with Crippen molar-refractivity contribution in [1.29, 1.82) is 0 Å². The summed E-state index contributed by atoms with van der Waals surface area (Å²) in [5, 5.41) is 1.98. The SMILES string of the molecule is Cc1ccc(S(=O)(=O)NC(=O)NC(=O)CC(C)C)cc1. The van der Waals surface area contributed by atoms with Crippen molar-refractivity contribution in [3.8, 4) is 0 Å². The molecule has 0 aliphatic carbocycles. The van der Waals surface area contributed by atoms with E-state index in [4.69, 9.17) is 0 Å². The van der Waals surface area contributed by atoms with E-state index < -0.39 is 22.0 Å². The van der Waals surface area contributed by atoms with Crippen LogP contribution in [0.15, 0.2) is 29.2 Å². The minimum absolute atomic E-state index is 0.0328. The second-order valence-corrected chi connectivity index (χ2v) is 6.58. The number of imide groups is 1. The molecule has 0 bridgehead atoms. The second kappa shape index (κ2) is 6.51. The van der Waals surface area contributed by atoms with Gasteiger partial charge in [0.1, 0.15) is 0 Å². The standard InChI is InChI=1S/C13H18N2O4S/c1-9(2)8-12(16)14-13(17)15-20(18,19)11-6-4-10(3)5-7-11/h4-7,9H,8H2,1-3H3,(H2,14,15,16,17). The van der Waals surface area contributed by atoms with Crippen LogP contribution in [-0.4, -0.2) is 20.4 Å². The van der Waals surface area contributed by atoms with Crippen LogP contribution >= 0.6 is 0 Å². The van der Waals surface area contributed by atoms with Crippen molar-refractivity contribution in [1.82, 2.24) is 10.0 Å². The molecule has 3 amide bonds. The molecule has 1 aromatic carbocycles. The lowest BCUT2D eigenvalue weighted by molar-refractivity contribution is -0.120. The zero-order chi connectivity index (χ0) is 15.3. The summed E-state index contributed by atoms with van der Waals surface area (Å²) in [5.74, 6) is -0.437. The quantitative estimate of drug-likeness (QED) is 0.882. The van der Waals surface area contributed by atoms with E-state index in [1.165, 1.54) is 12.1 Å². The van der Waals surface area contributed by atoms with Crippen molar-refractivity contribution >= 4 is 22.0 Å². The summed E-state index contributed by atoms with van der Waals surface area (Å²) in [5.41, 5.74) is 0.903. The van der Waals surface area contributed by atoms with Gasteiger partial charge in [-0.3, -0.25) is 10.1 Å². The minimum atomic E-state index is -3.96. The first kappa shape index (κ1) is 16.2. The van der Waals surface area contributed by atoms with Gasteiger partial charge in [-0.1, -0.05) is 31.5 Å². The maximum Gasteiger partial charge on any atom is 0.335 e. The van der Waals surface area contributed by atoms with Crippen LogP contribution in [0.3, 0.4) is 0 Å². The Bertz CT molecular complexity index is 591. The first-order chi connectivity index (χ1) is 9.20. The molecule has 1 aromatic rings. The lowest BCUT2D eigenvalue weighted by atomic mass is 10.1. The van der Waals surface area contributed by atoms with Gasteiger partial charge in [-0.05, 0) is 25.0 Å². The number of carbonyl (C=O) groups excluding carboxylic acids is 2. The molecule has 110 valence electrons. The number of benzene rings is 1. The van der Waals surface area contributed by atoms with Gasteiger partial charge in [0.25, 0.3) is 10.0 Å². The Kier molecular flexibility index (Phi) is 5.26. The lowest BCUT2D eigenvalue weighted by Crippen LogP contribution is -2.42. The van der Waals surface area contributed by atoms with E-state index in [1.807, 2.05) is 26.1 Å². The number of hydrogen-bond acceptors (Lipinski definition) is 4. The van der Waals surface area contributed by atoms with E-state index in [1.54, 1.807) is 16.9 Å². The highest BCUT2D eigenvalue weighted by Crippen LogP contribution is 2.09. The van der Waals surface area contributed by atoms with Gasteiger partial charge in [0, 0.05) is 6.42 Å². The molecule has 0 saturated carbocycles. The Hall–Kier alpha value is -1.89. The maximum absolute atomic E-state index is 11.9. The van der Waals surface area contributed by atoms with Crippen molar-refractivity contribution in [2.45, 2.75) is 32.1 Å². The van der Waals surface area contributed by atoms with Gasteiger partial charge in [-0.15, -0.1) is 0 Å². The highest BCUT2D eigenvalue weighted by Gasteiger charge is 2.18. The molecule has 0 aromatic heterocycles. The van der Waals surface area contributed by atoms with Crippen molar-refractivity contribution in [3.63, 3.8) is 0 Å². The second-order valence-electron chi connectivity index (χ2n) is 4.89. The maximum atomic E-state index is 11.9. The van der Waals surface area contributed by atoms with E-state index in [2.05, 4.69) is 0 Å². The van der Waals surface area contributed by atoms with Gasteiger partial charge in [0.2, 0.25) is 5.91 Å². The van der Waals surface area contributed by atoms with E-state index in [0.717, 1.165) is 5.56 Å². The monoisotopic (exact) mass is 298 g/mol. The summed E-state index contributed by atoms with van der Waals surface area (Å²) >= 11 is 0. The molecule has 0 aliphatic heterocycles. The molecule has 0 spiro atoms. The van der Waals surface area contributed by atoms with Gasteiger partial charge in [0.05, 0.1) is 4.90 Å². The average Bonchev–Trinajstić information content (AvgIpc) is 2.26. The van der Waals surface area contributed by atoms with Crippen molar-refractivity contribution < 1.29 is 18.0 Å². The van der Waals surface area contributed by atoms with Crippen LogP contribution in [-0.2, 0) is 14.8 Å². The number of amides is 3. The van der Waals surface area contributed by atoms with Crippen LogP contribution in [0.1, 0.15) is 25.8 Å². The number of aryl methyl sites for hydroxylation is 1. The van der Waals surface area contributed by atoms with E-state index in [-0.39, 0.29) is 17.2 Å². The van der Waals surface area contributed by atoms with Crippen molar-refractivity contribution in [3.05, 3.63) is 29.8 Å². The molecule has 0 heterocycles. The molecule has 0 unspecified atom stereocenters. The zero-order valence-electron chi connectivity index (χ0n) is 11.6. The Morgan fingerprint density at radius 1 is 1.15 bits per heavy atom. The fourth-order valence-corrected chi connectivity index (χ4v) is 2.38. The number of carbonyl (C=O) groups is 2. The third kappa shape index (κ3) is 5.00. The van der Waals surface area contributed by atoms with Gasteiger partial charge >= 0.3 is 6.03 Å². The number of hydrogen-bond donors (Lipinski definition) is 2. The van der Waals surface area contributed by atoms with Gasteiger partial charge in [-0.25, -0.2) is 17.9 Å². The van der Waals surface area contributed by atoms with Crippen LogP contribution in [0.4, 0.5) is 4.79 Å². The fraction of sp³-hybridized carbons (Fsp3) is 0.385. The van der Waals surface area contributed by atoms with Crippen molar-refractivity contribution in [2.75, 3.05) is 0 Å². The fourth-order valence-electron chi connectivity index (χ4n) is 1.47. The number of rotatable bonds is 4. The Balaban J connectivity index is 2.69. The smallest absolute Gasteiger partial charge is 0.277 e. The number of sulfonamides is 1. The topological polar surface area (TPSA) is 92.3 Å². The molecule has 1 rings (SSSR count). The summed E-state index contributed by atoms with van der Waals surface area (Å²) in [6.07, 6.45) is 0.151. The van der Waals surface area contributed by atoms with Crippen LogP contribution in [0.5, 0.6) is 0 Å². The molecule has 0 fully saturated rings. The largest absolute Gasteiger partial charge is 0.335 e. The normalized spacial score (nSPS) is 11.2. The first-order valence-electron chi connectivity index (χ1n) is 6.14. The first-order valence-corrected chi connectivity index (χ1v) is 7.62. The third-order valence-corrected chi connectivity index (χ3v) is 3.75. The van der Waals surface area contributed by atoms with Crippen molar-refractivity contribution in [2.24, 2.45) is 5.92 Å². The van der Waals surface area contributed by atoms with Crippen LogP contribution in [0.25, 0.3) is 0 Å². The predicted molar refractivity (Wildman–Crippen MR) is 74.5 cm³/mol. The van der Waals surface area contributed by atoms with Crippen LogP contribution in [0, 0.1) is 12.8 Å². The Labute approximate surface area is 118 Å². The highest BCUT2D eigenvalue weighted by atomic mass is 32.2.